The lowest BCUT2D eigenvalue weighted by Gasteiger charge is -2.18. The fourth-order valence-corrected chi connectivity index (χ4v) is 2.65. The lowest BCUT2D eigenvalue weighted by Crippen LogP contribution is -2.42. The summed E-state index contributed by atoms with van der Waals surface area (Å²) in [4.78, 5) is 23.0. The normalized spacial score (nSPS) is 21.5. The van der Waals surface area contributed by atoms with Gasteiger partial charge in [0.05, 0.1) is 16.6 Å². The Balaban J connectivity index is 1.99. The molecule has 2 atom stereocenters. The number of rotatable bonds is 3. The number of carbonyl (C=O) groups excluding carboxylic acids is 1. The van der Waals surface area contributed by atoms with Gasteiger partial charge in [-0.3, -0.25) is 4.79 Å². The van der Waals surface area contributed by atoms with Gasteiger partial charge in [0.25, 0.3) is 0 Å². The zero-order valence-corrected chi connectivity index (χ0v) is 11.9. The van der Waals surface area contributed by atoms with Gasteiger partial charge >= 0.3 is 12.0 Å². The highest BCUT2D eigenvalue weighted by Gasteiger charge is 2.33. The van der Waals surface area contributed by atoms with Gasteiger partial charge in [0, 0.05) is 6.04 Å². The fraction of sp³-hybridized carbons (Fsp3) is 0.429. The lowest BCUT2D eigenvalue weighted by atomic mass is 10.0. The lowest BCUT2D eigenvalue weighted by molar-refractivity contribution is -0.142. The Hall–Kier alpha value is -1.75. The van der Waals surface area contributed by atoms with E-state index in [2.05, 4.69) is 10.6 Å². The number of carboxylic acids is 1. The summed E-state index contributed by atoms with van der Waals surface area (Å²) in [6.07, 6.45) is 2.10. The third-order valence-corrected chi connectivity index (χ3v) is 3.85. The van der Waals surface area contributed by atoms with Crippen LogP contribution >= 0.6 is 11.6 Å². The number of hydrogen-bond acceptors (Lipinski definition) is 2. The van der Waals surface area contributed by atoms with Crippen molar-refractivity contribution in [1.29, 1.82) is 0 Å². The molecule has 5 nitrogen and oxygen atoms in total. The van der Waals surface area contributed by atoms with Crippen molar-refractivity contribution in [1.82, 2.24) is 5.32 Å². The first-order chi connectivity index (χ1) is 9.47. The number of carbonyl (C=O) groups is 2. The Morgan fingerprint density at radius 2 is 2.10 bits per heavy atom. The molecule has 0 bridgehead atoms. The van der Waals surface area contributed by atoms with Crippen LogP contribution in [0.3, 0.4) is 0 Å². The number of amides is 2. The highest BCUT2D eigenvalue weighted by molar-refractivity contribution is 6.33. The molecule has 3 N–H and O–H groups in total. The van der Waals surface area contributed by atoms with Crippen LogP contribution < -0.4 is 10.6 Å². The highest BCUT2D eigenvalue weighted by atomic mass is 35.5. The second-order valence-electron chi connectivity index (χ2n) is 5.06. The van der Waals surface area contributed by atoms with Crippen LogP contribution in [-0.4, -0.2) is 23.1 Å². The molecule has 0 aliphatic heterocycles. The van der Waals surface area contributed by atoms with Crippen molar-refractivity contribution in [2.75, 3.05) is 5.32 Å². The van der Waals surface area contributed by atoms with Gasteiger partial charge in [-0.25, -0.2) is 4.79 Å². The molecule has 2 rings (SSSR count). The van der Waals surface area contributed by atoms with E-state index in [0.717, 1.165) is 12.0 Å². The molecule has 0 saturated heterocycles. The van der Waals surface area contributed by atoms with Crippen LogP contribution in [0.15, 0.2) is 18.2 Å². The predicted molar refractivity (Wildman–Crippen MR) is 77.1 cm³/mol. The number of carboxylic acid groups (broad SMARTS) is 1. The molecule has 1 aliphatic carbocycles. The van der Waals surface area contributed by atoms with Gasteiger partial charge in [0.1, 0.15) is 0 Å². The Bertz CT molecular complexity index is 533. The van der Waals surface area contributed by atoms with E-state index in [0.29, 0.717) is 23.6 Å². The minimum absolute atomic E-state index is 0.323. The molecule has 6 heteroatoms. The van der Waals surface area contributed by atoms with Crippen molar-refractivity contribution in [2.45, 2.75) is 32.2 Å². The molecule has 0 heterocycles. The number of urea groups is 1. The van der Waals surface area contributed by atoms with E-state index in [1.54, 1.807) is 12.1 Å². The molecule has 0 spiro atoms. The molecule has 20 heavy (non-hydrogen) atoms. The SMILES string of the molecule is Cc1ccc(Cl)c(NC(=O)NC2CCCC2C(=O)O)c1. The number of anilines is 1. The minimum Gasteiger partial charge on any atom is -0.481 e. The van der Waals surface area contributed by atoms with Gasteiger partial charge in [0.2, 0.25) is 0 Å². The monoisotopic (exact) mass is 296 g/mol. The van der Waals surface area contributed by atoms with Gasteiger partial charge in [-0.15, -0.1) is 0 Å². The van der Waals surface area contributed by atoms with Gasteiger partial charge in [-0.2, -0.15) is 0 Å². The van der Waals surface area contributed by atoms with E-state index in [4.69, 9.17) is 16.7 Å². The van der Waals surface area contributed by atoms with Crippen molar-refractivity contribution in [2.24, 2.45) is 5.92 Å². The van der Waals surface area contributed by atoms with E-state index in [1.165, 1.54) is 0 Å². The van der Waals surface area contributed by atoms with Crippen LogP contribution in [0.2, 0.25) is 5.02 Å². The van der Waals surface area contributed by atoms with Crippen molar-refractivity contribution >= 4 is 29.3 Å². The Morgan fingerprint density at radius 3 is 2.80 bits per heavy atom. The summed E-state index contributed by atoms with van der Waals surface area (Å²) in [5.41, 5.74) is 1.50. The zero-order valence-electron chi connectivity index (χ0n) is 11.1. The Morgan fingerprint density at radius 1 is 1.35 bits per heavy atom. The second kappa shape index (κ2) is 6.13. The highest BCUT2D eigenvalue weighted by Crippen LogP contribution is 2.26. The molecular formula is C14H17ClN2O3. The van der Waals surface area contributed by atoms with Crippen LogP contribution in [0, 0.1) is 12.8 Å². The van der Waals surface area contributed by atoms with E-state index in [-0.39, 0.29) is 6.04 Å². The minimum atomic E-state index is -0.860. The third kappa shape index (κ3) is 3.42. The van der Waals surface area contributed by atoms with E-state index < -0.39 is 17.9 Å². The van der Waals surface area contributed by atoms with E-state index >= 15 is 0 Å². The number of nitrogens with one attached hydrogen (secondary N) is 2. The van der Waals surface area contributed by atoms with Crippen LogP contribution in [-0.2, 0) is 4.79 Å². The van der Waals surface area contributed by atoms with Crippen molar-refractivity contribution in [3.05, 3.63) is 28.8 Å². The quantitative estimate of drug-likeness (QED) is 0.802. The number of aryl methyl sites for hydroxylation is 1. The first-order valence-electron chi connectivity index (χ1n) is 6.54. The van der Waals surface area contributed by atoms with Crippen molar-refractivity contribution < 1.29 is 14.7 Å². The summed E-state index contributed by atoms with van der Waals surface area (Å²) >= 11 is 6.00. The van der Waals surface area contributed by atoms with Gasteiger partial charge in [0.15, 0.2) is 0 Å². The first-order valence-corrected chi connectivity index (χ1v) is 6.91. The van der Waals surface area contributed by atoms with Crippen LogP contribution in [0.1, 0.15) is 24.8 Å². The molecule has 1 aromatic rings. The maximum atomic E-state index is 11.9. The van der Waals surface area contributed by atoms with E-state index in [1.807, 2.05) is 13.0 Å². The molecule has 1 aliphatic rings. The molecule has 2 amide bonds. The van der Waals surface area contributed by atoms with Crippen LogP contribution in [0.25, 0.3) is 0 Å². The number of benzene rings is 1. The molecule has 1 saturated carbocycles. The molecule has 1 fully saturated rings. The zero-order chi connectivity index (χ0) is 14.7. The van der Waals surface area contributed by atoms with Gasteiger partial charge in [-0.1, -0.05) is 24.1 Å². The summed E-state index contributed by atoms with van der Waals surface area (Å²) in [5, 5.41) is 14.9. The summed E-state index contributed by atoms with van der Waals surface area (Å²) < 4.78 is 0. The number of aliphatic carboxylic acids is 1. The average molecular weight is 297 g/mol. The largest absolute Gasteiger partial charge is 0.481 e. The molecular weight excluding hydrogens is 280 g/mol. The second-order valence-corrected chi connectivity index (χ2v) is 5.47. The molecule has 0 radical (unpaired) electrons. The first kappa shape index (κ1) is 14.7. The Labute approximate surface area is 122 Å². The number of hydrogen-bond donors (Lipinski definition) is 3. The fourth-order valence-electron chi connectivity index (χ4n) is 2.49. The number of halogens is 1. The van der Waals surface area contributed by atoms with Crippen molar-refractivity contribution in [3.63, 3.8) is 0 Å². The molecule has 2 unspecified atom stereocenters. The van der Waals surface area contributed by atoms with Gasteiger partial charge in [-0.05, 0) is 37.5 Å². The summed E-state index contributed by atoms with van der Waals surface area (Å²) in [6.45, 7) is 1.90. The molecule has 1 aromatic carbocycles. The smallest absolute Gasteiger partial charge is 0.319 e. The molecule has 108 valence electrons. The average Bonchev–Trinajstić information content (AvgIpc) is 2.82. The molecule has 0 aromatic heterocycles. The van der Waals surface area contributed by atoms with Crippen molar-refractivity contribution in [3.8, 4) is 0 Å². The predicted octanol–water partition coefficient (Wildman–Crippen LogP) is 3.02. The summed E-state index contributed by atoms with van der Waals surface area (Å²) in [6, 6.07) is 4.59. The van der Waals surface area contributed by atoms with Crippen LogP contribution in [0.4, 0.5) is 10.5 Å². The topological polar surface area (TPSA) is 78.4 Å². The maximum absolute atomic E-state index is 11.9. The van der Waals surface area contributed by atoms with Crippen LogP contribution in [0.5, 0.6) is 0 Å². The summed E-state index contributed by atoms with van der Waals surface area (Å²) in [7, 11) is 0. The third-order valence-electron chi connectivity index (χ3n) is 3.52. The summed E-state index contributed by atoms with van der Waals surface area (Å²) in [5.74, 6) is -1.37. The maximum Gasteiger partial charge on any atom is 0.319 e. The van der Waals surface area contributed by atoms with Gasteiger partial charge < -0.3 is 15.7 Å². The van der Waals surface area contributed by atoms with E-state index in [9.17, 15) is 9.59 Å². The Kier molecular flexibility index (Phi) is 4.49. The standard InChI is InChI=1S/C14H17ClN2O3/c1-8-5-6-10(15)12(7-8)17-14(20)16-11-4-2-3-9(11)13(18)19/h5-7,9,11H,2-4H2,1H3,(H,18,19)(H2,16,17,20).